The van der Waals surface area contributed by atoms with Crippen LogP contribution >= 0.6 is 0 Å². The number of carbonyl (C=O) groups is 4. The molecule has 0 radical (unpaired) electrons. The van der Waals surface area contributed by atoms with E-state index in [0.29, 0.717) is 0 Å². The normalized spacial score (nSPS) is 32.3. The van der Waals surface area contributed by atoms with Gasteiger partial charge in [-0.3, -0.25) is 29.0 Å². The highest BCUT2D eigenvalue weighted by Gasteiger charge is 2.58. The van der Waals surface area contributed by atoms with Crippen molar-refractivity contribution in [1.29, 1.82) is 0 Å². The number of carboxylic acids is 4. The van der Waals surface area contributed by atoms with Crippen LogP contribution in [0.25, 0.3) is 0 Å². The van der Waals surface area contributed by atoms with Crippen molar-refractivity contribution in [2.24, 2.45) is 0 Å². The summed E-state index contributed by atoms with van der Waals surface area (Å²) >= 11 is 0. The van der Waals surface area contributed by atoms with Crippen LogP contribution in [-0.4, -0.2) is 209 Å². The number of carboxylic acid groups (broad SMARTS) is 4. The third-order valence-electron chi connectivity index (χ3n) is 6.24. The number of hydrogen-bond acceptors (Lipinski definition) is 17. The zero-order valence-corrected chi connectivity index (χ0v) is 22.6. The van der Waals surface area contributed by atoms with Gasteiger partial charge in [0.15, 0.2) is 6.29 Å². The summed E-state index contributed by atoms with van der Waals surface area (Å²) in [5, 5.41) is 111. The molecule has 2 saturated heterocycles. The molecule has 0 aromatic heterocycles. The lowest BCUT2D eigenvalue weighted by Gasteiger charge is -2.43. The SMILES string of the molecule is O=C(O)CN(CCN(CC(=O)O)CC(=O)O)CC(=O)O.OC[C@H]1O[C@@](CO)(O[C@H]2O[C@H](CO)[C@@H](O)[C@H](O)[C@H]2O)[C@@H](O)[C@@H]1O. The maximum Gasteiger partial charge on any atom is 0.317 e. The van der Waals surface area contributed by atoms with Crippen LogP contribution in [0.5, 0.6) is 0 Å². The van der Waals surface area contributed by atoms with Gasteiger partial charge in [0.2, 0.25) is 5.79 Å². The van der Waals surface area contributed by atoms with Gasteiger partial charge in [0.25, 0.3) is 0 Å². The highest BCUT2D eigenvalue weighted by molar-refractivity contribution is 5.73. The molecule has 0 unspecified atom stereocenters. The molecule has 43 heavy (non-hydrogen) atoms. The Kier molecular flexibility index (Phi) is 15.7. The molecule has 0 saturated carbocycles. The van der Waals surface area contributed by atoms with E-state index in [9.17, 15) is 49.8 Å². The van der Waals surface area contributed by atoms with Crippen LogP contribution < -0.4 is 0 Å². The van der Waals surface area contributed by atoms with Gasteiger partial charge in [0.1, 0.15) is 49.3 Å². The largest absolute Gasteiger partial charge is 0.480 e. The maximum atomic E-state index is 10.6. The molecular weight excluding hydrogens is 596 g/mol. The van der Waals surface area contributed by atoms with E-state index in [1.54, 1.807) is 0 Å². The summed E-state index contributed by atoms with van der Waals surface area (Å²) in [7, 11) is 0. The fourth-order valence-corrected chi connectivity index (χ4v) is 4.11. The first-order chi connectivity index (χ1) is 20.0. The predicted octanol–water partition coefficient (Wildman–Crippen LogP) is -7.47. The van der Waals surface area contributed by atoms with E-state index in [4.69, 9.17) is 44.8 Å². The second-order valence-corrected chi connectivity index (χ2v) is 9.56. The smallest absolute Gasteiger partial charge is 0.317 e. The van der Waals surface area contributed by atoms with Crippen molar-refractivity contribution in [2.75, 3.05) is 59.1 Å². The van der Waals surface area contributed by atoms with E-state index in [1.165, 1.54) is 0 Å². The molecule has 2 rings (SSSR count). The van der Waals surface area contributed by atoms with Crippen LogP contribution in [0.4, 0.5) is 0 Å². The number of aliphatic carboxylic acids is 4. The van der Waals surface area contributed by atoms with Gasteiger partial charge in [-0.15, -0.1) is 0 Å². The molecule has 2 aliphatic rings. The summed E-state index contributed by atoms with van der Waals surface area (Å²) in [6, 6.07) is 0. The van der Waals surface area contributed by atoms with Gasteiger partial charge in [0.05, 0.1) is 39.4 Å². The zero-order chi connectivity index (χ0) is 33.1. The molecule has 0 aromatic rings. The molecule has 2 fully saturated rings. The topological polar surface area (TPSA) is 345 Å². The van der Waals surface area contributed by atoms with Gasteiger partial charge in [-0.05, 0) is 0 Å². The van der Waals surface area contributed by atoms with Gasteiger partial charge < -0.3 is 75.5 Å². The van der Waals surface area contributed by atoms with Crippen LogP contribution in [0.1, 0.15) is 0 Å². The lowest BCUT2D eigenvalue weighted by atomic mass is 9.99. The Bertz CT molecular complexity index is 855. The van der Waals surface area contributed by atoms with Crippen molar-refractivity contribution >= 4 is 23.9 Å². The first-order valence-electron chi connectivity index (χ1n) is 12.6. The lowest BCUT2D eigenvalue weighted by Crippen LogP contribution is -2.62. The van der Waals surface area contributed by atoms with E-state index in [2.05, 4.69) is 0 Å². The molecule has 0 bridgehead atoms. The number of nitrogens with zero attached hydrogens (tertiary/aromatic N) is 2. The third kappa shape index (κ3) is 11.4. The fraction of sp³-hybridized carbons (Fsp3) is 0.818. The third-order valence-corrected chi connectivity index (χ3v) is 6.24. The van der Waals surface area contributed by atoms with E-state index >= 15 is 0 Å². The molecule has 0 amide bonds. The van der Waals surface area contributed by atoms with Gasteiger partial charge >= 0.3 is 23.9 Å². The van der Waals surface area contributed by atoms with Gasteiger partial charge in [-0.2, -0.15) is 0 Å². The van der Waals surface area contributed by atoms with E-state index in [0.717, 1.165) is 9.80 Å². The number of rotatable bonds is 16. The first kappa shape index (κ1) is 38.4. The first-order valence-corrected chi connectivity index (χ1v) is 12.6. The van der Waals surface area contributed by atoms with Crippen LogP contribution in [0.15, 0.2) is 0 Å². The predicted molar refractivity (Wildman–Crippen MR) is 132 cm³/mol. The van der Waals surface area contributed by atoms with Gasteiger partial charge in [-0.25, -0.2) is 0 Å². The van der Waals surface area contributed by atoms with Crippen molar-refractivity contribution in [3.05, 3.63) is 0 Å². The molecule has 12 N–H and O–H groups in total. The second-order valence-electron chi connectivity index (χ2n) is 9.56. The molecule has 0 aliphatic carbocycles. The Morgan fingerprint density at radius 3 is 1.37 bits per heavy atom. The van der Waals surface area contributed by atoms with Gasteiger partial charge in [-0.1, -0.05) is 0 Å². The summed E-state index contributed by atoms with van der Waals surface area (Å²) in [6.45, 7) is -4.57. The van der Waals surface area contributed by atoms with Crippen molar-refractivity contribution in [1.82, 2.24) is 9.80 Å². The Labute approximate surface area is 242 Å². The van der Waals surface area contributed by atoms with E-state index < -0.39 is 125 Å². The minimum absolute atomic E-state index is 0.0703. The Morgan fingerprint density at radius 2 is 1.05 bits per heavy atom. The summed E-state index contributed by atoms with van der Waals surface area (Å²) in [6.07, 6.45) is -12.7. The summed E-state index contributed by atoms with van der Waals surface area (Å²) in [4.78, 5) is 44.4. The quantitative estimate of drug-likeness (QED) is 0.0749. The highest BCUT2D eigenvalue weighted by Crippen LogP contribution is 2.35. The Balaban J connectivity index is 0.000000436. The van der Waals surface area contributed by atoms with Gasteiger partial charge in [0, 0.05) is 13.1 Å². The van der Waals surface area contributed by atoms with Crippen molar-refractivity contribution in [3.63, 3.8) is 0 Å². The van der Waals surface area contributed by atoms with Crippen molar-refractivity contribution < 1.29 is 94.7 Å². The molecule has 2 aliphatic heterocycles. The lowest BCUT2D eigenvalue weighted by molar-refractivity contribution is -0.383. The molecular formula is C22H38N2O19. The minimum atomic E-state index is -2.22. The average Bonchev–Trinajstić information content (AvgIpc) is 3.16. The molecule has 21 heteroatoms. The summed E-state index contributed by atoms with van der Waals surface area (Å²) in [5.41, 5.74) is 0. The van der Waals surface area contributed by atoms with E-state index in [1.807, 2.05) is 0 Å². The molecule has 21 nitrogen and oxygen atoms in total. The van der Waals surface area contributed by atoms with E-state index in [-0.39, 0.29) is 13.1 Å². The summed E-state index contributed by atoms with van der Waals surface area (Å²) < 4.78 is 15.4. The number of aliphatic hydroxyl groups is 8. The highest BCUT2D eigenvalue weighted by atomic mass is 16.8. The monoisotopic (exact) mass is 634 g/mol. The van der Waals surface area contributed by atoms with Crippen LogP contribution in [0.3, 0.4) is 0 Å². The number of aliphatic hydroxyl groups excluding tert-OH is 8. The number of ether oxygens (including phenoxy) is 3. The molecule has 0 spiro atoms. The van der Waals surface area contributed by atoms with Crippen LogP contribution in [0, 0.1) is 0 Å². The summed E-state index contributed by atoms with van der Waals surface area (Å²) in [5.74, 6) is -7.13. The molecule has 250 valence electrons. The Morgan fingerprint density at radius 1 is 0.628 bits per heavy atom. The molecule has 0 aromatic carbocycles. The second kappa shape index (κ2) is 17.6. The molecule has 2 heterocycles. The number of hydrogen-bond donors (Lipinski definition) is 12. The van der Waals surface area contributed by atoms with Crippen molar-refractivity contribution in [3.8, 4) is 0 Å². The van der Waals surface area contributed by atoms with Crippen molar-refractivity contribution in [2.45, 2.75) is 54.8 Å². The zero-order valence-electron chi connectivity index (χ0n) is 22.6. The fourth-order valence-electron chi connectivity index (χ4n) is 4.11. The maximum absolute atomic E-state index is 10.6. The Hall–Kier alpha value is -2.64. The average molecular weight is 635 g/mol. The van der Waals surface area contributed by atoms with Crippen LogP contribution in [0.2, 0.25) is 0 Å². The minimum Gasteiger partial charge on any atom is -0.480 e. The van der Waals surface area contributed by atoms with Crippen LogP contribution in [-0.2, 0) is 33.4 Å². The molecule has 9 atom stereocenters. The standard InChI is InChI=1S/C12H22O11.C10H16N2O8/c13-1-4-6(16)8(18)9(19)11(21-4)23-12(3-15)10(20)7(17)5(2-14)22-12;13-7(14)3-11(4-8(15)16)1-2-12(5-9(17)18)6-10(19)20/h4-11,13-20H,1-3H2;1-6H2,(H,13,14)(H,15,16)(H,17,18)(H,19,20)/t4-,5-,6-,7-,8+,9-,10+,11-,12+;/m1./s1.